The van der Waals surface area contributed by atoms with Crippen LogP contribution in [0, 0.1) is 0 Å². The van der Waals surface area contributed by atoms with Crippen LogP contribution in [0.5, 0.6) is 0 Å². The fraction of sp³-hybridized carbons (Fsp3) is 0.200. The van der Waals surface area contributed by atoms with Crippen molar-refractivity contribution in [3.05, 3.63) is 38.0 Å². The number of primary amides is 1. The van der Waals surface area contributed by atoms with Crippen LogP contribution in [0.4, 0.5) is 4.79 Å². The number of carboxylic acid groups (broad SMARTS) is 1. The third-order valence-electron chi connectivity index (χ3n) is 0.628. The van der Waals surface area contributed by atoms with Crippen molar-refractivity contribution in [1.82, 2.24) is 0 Å². The molecule has 5 nitrogen and oxygen atoms in total. The summed E-state index contributed by atoms with van der Waals surface area (Å²) in [6, 6.07) is 0. The van der Waals surface area contributed by atoms with Crippen LogP contribution in [-0.4, -0.2) is 23.8 Å². The molecule has 0 unspecified atom stereocenters. The first-order chi connectivity index (χ1) is 6.95. The van der Waals surface area contributed by atoms with Crippen LogP contribution < -0.4 is 5.73 Å². The molecule has 5 heteroatoms. The van der Waals surface area contributed by atoms with E-state index in [1.54, 1.807) is 19.1 Å². The molecular weight excluding hydrogens is 198 g/mol. The minimum Gasteiger partial charge on any atom is -0.478 e. The number of hydrogen-bond acceptors (Lipinski definition) is 3. The molecule has 0 bridgehead atoms. The van der Waals surface area contributed by atoms with Gasteiger partial charge >= 0.3 is 12.1 Å². The van der Waals surface area contributed by atoms with Crippen molar-refractivity contribution < 1.29 is 19.4 Å². The number of amides is 1. The minimum atomic E-state index is -0.981. The topological polar surface area (TPSA) is 89.6 Å². The predicted molar refractivity (Wildman–Crippen MR) is 59.4 cm³/mol. The van der Waals surface area contributed by atoms with Gasteiger partial charge < -0.3 is 15.6 Å². The largest absolute Gasteiger partial charge is 0.478 e. The molecule has 15 heavy (non-hydrogen) atoms. The number of carboxylic acids is 1. The Labute approximate surface area is 89.5 Å². The number of nitrogens with two attached hydrogens (primary N) is 1. The van der Waals surface area contributed by atoms with E-state index in [1.165, 1.54) is 0 Å². The van der Waals surface area contributed by atoms with Crippen molar-refractivity contribution in [3.8, 4) is 0 Å². The number of hydrogen-bond donors (Lipinski definition) is 2. The van der Waals surface area contributed by atoms with Crippen LogP contribution in [0.15, 0.2) is 38.0 Å². The van der Waals surface area contributed by atoms with Crippen LogP contribution in [0.3, 0.4) is 0 Å². The van der Waals surface area contributed by atoms with Gasteiger partial charge in [0.25, 0.3) is 0 Å². The van der Waals surface area contributed by atoms with E-state index < -0.39 is 12.1 Å². The Morgan fingerprint density at radius 3 is 1.67 bits per heavy atom. The third-order valence-corrected chi connectivity index (χ3v) is 0.628. The summed E-state index contributed by atoms with van der Waals surface area (Å²) in [5, 5.41) is 7.60. The second kappa shape index (κ2) is 17.9. The lowest BCUT2D eigenvalue weighted by atomic mass is 10.6. The molecule has 1 amide bonds. The molecule has 3 N–H and O–H groups in total. The lowest BCUT2D eigenvalue weighted by Crippen LogP contribution is -2.11. The molecule has 0 aromatic carbocycles. The quantitative estimate of drug-likeness (QED) is 0.554. The van der Waals surface area contributed by atoms with Crippen LogP contribution in [0.25, 0.3) is 0 Å². The molecule has 0 spiro atoms. The fourth-order valence-corrected chi connectivity index (χ4v) is 0.142. The van der Waals surface area contributed by atoms with Gasteiger partial charge in [0.15, 0.2) is 0 Å². The average molecular weight is 215 g/mol. The maximum atomic E-state index is 9.60. The van der Waals surface area contributed by atoms with Crippen LogP contribution >= 0.6 is 0 Å². The van der Waals surface area contributed by atoms with Gasteiger partial charge in [-0.3, -0.25) is 0 Å². The molecule has 0 saturated heterocycles. The molecule has 0 fully saturated rings. The Kier molecular flexibility index (Phi) is 22.3. The van der Waals surface area contributed by atoms with E-state index in [2.05, 4.69) is 30.2 Å². The van der Waals surface area contributed by atoms with Crippen molar-refractivity contribution in [2.45, 2.75) is 6.92 Å². The zero-order valence-corrected chi connectivity index (χ0v) is 8.81. The zero-order valence-electron chi connectivity index (χ0n) is 8.81. The van der Waals surface area contributed by atoms with Gasteiger partial charge in [0.1, 0.15) is 0 Å². The highest BCUT2D eigenvalue weighted by molar-refractivity contribution is 5.78. The Hall–Kier alpha value is -2.04. The Balaban J connectivity index is -0.000000147. The molecule has 0 heterocycles. The van der Waals surface area contributed by atoms with E-state index in [0.717, 1.165) is 6.08 Å². The van der Waals surface area contributed by atoms with Crippen molar-refractivity contribution in [3.63, 3.8) is 0 Å². The second-order valence-electron chi connectivity index (χ2n) is 1.77. The molecule has 0 aliphatic heterocycles. The monoisotopic (exact) mass is 215 g/mol. The molecular formula is C10H17NO4. The smallest absolute Gasteiger partial charge is 0.404 e. The first-order valence-corrected chi connectivity index (χ1v) is 3.97. The van der Waals surface area contributed by atoms with Gasteiger partial charge in [-0.2, -0.15) is 0 Å². The molecule has 0 saturated carbocycles. The fourth-order valence-electron chi connectivity index (χ4n) is 0.142. The Morgan fingerprint density at radius 1 is 1.33 bits per heavy atom. The van der Waals surface area contributed by atoms with E-state index in [0.29, 0.717) is 6.61 Å². The summed E-state index contributed by atoms with van der Waals surface area (Å²) in [4.78, 5) is 18.8. The summed E-state index contributed by atoms with van der Waals surface area (Å²) < 4.78 is 4.18. The Bertz CT molecular complexity index is 205. The maximum absolute atomic E-state index is 9.60. The Morgan fingerprint density at radius 2 is 1.67 bits per heavy atom. The van der Waals surface area contributed by atoms with E-state index in [4.69, 9.17) is 5.11 Å². The normalized spacial score (nSPS) is 6.47. The molecule has 0 rings (SSSR count). The summed E-state index contributed by atoms with van der Waals surface area (Å²) >= 11 is 0. The van der Waals surface area contributed by atoms with E-state index in [1.807, 2.05) is 0 Å². The summed E-state index contributed by atoms with van der Waals surface area (Å²) in [6.45, 7) is 11.7. The molecule has 0 aromatic rings. The van der Waals surface area contributed by atoms with E-state index in [-0.39, 0.29) is 0 Å². The number of carbonyl (C=O) groups is 2. The predicted octanol–water partition coefficient (Wildman–Crippen LogP) is 1.72. The summed E-state index contributed by atoms with van der Waals surface area (Å²) in [5.74, 6) is -0.981. The summed E-state index contributed by atoms with van der Waals surface area (Å²) in [6.07, 6.45) is 3.40. The highest BCUT2D eigenvalue weighted by Crippen LogP contribution is 1.66. The highest BCUT2D eigenvalue weighted by Gasteiger charge is 1.82. The lowest BCUT2D eigenvalue weighted by Gasteiger charge is -1.89. The number of rotatable bonds is 3. The van der Waals surface area contributed by atoms with Crippen molar-refractivity contribution >= 4 is 12.1 Å². The number of allylic oxidation sites excluding steroid dienone is 2. The highest BCUT2D eigenvalue weighted by atomic mass is 16.5. The minimum absolute atomic E-state index is 0.356. The maximum Gasteiger partial charge on any atom is 0.404 e. The molecule has 0 atom stereocenters. The third kappa shape index (κ3) is 75.7. The van der Waals surface area contributed by atoms with Gasteiger partial charge in [-0.15, -0.1) is 0 Å². The summed E-state index contributed by atoms with van der Waals surface area (Å²) in [5.41, 5.74) is 4.54. The molecule has 0 aromatic heterocycles. The first kappa shape index (κ1) is 18.7. The van der Waals surface area contributed by atoms with Crippen LogP contribution in [0.2, 0.25) is 0 Å². The molecule has 0 radical (unpaired) electrons. The average Bonchev–Trinajstić information content (AvgIpc) is 2.19. The van der Waals surface area contributed by atoms with Gasteiger partial charge in [-0.1, -0.05) is 31.9 Å². The van der Waals surface area contributed by atoms with Gasteiger partial charge in [-0.25, -0.2) is 9.59 Å². The van der Waals surface area contributed by atoms with Crippen molar-refractivity contribution in [2.75, 3.05) is 6.61 Å². The van der Waals surface area contributed by atoms with Crippen molar-refractivity contribution in [2.24, 2.45) is 5.73 Å². The molecule has 0 aliphatic carbocycles. The number of ether oxygens (including phenoxy) is 1. The number of aliphatic carboxylic acids is 1. The van der Waals surface area contributed by atoms with Crippen LogP contribution in [-0.2, 0) is 9.53 Å². The molecule has 0 aliphatic rings. The second-order valence-corrected chi connectivity index (χ2v) is 1.77. The lowest BCUT2D eigenvalue weighted by molar-refractivity contribution is -0.131. The van der Waals surface area contributed by atoms with E-state index in [9.17, 15) is 9.59 Å². The van der Waals surface area contributed by atoms with Crippen LogP contribution in [0.1, 0.15) is 6.92 Å². The first-order valence-electron chi connectivity index (χ1n) is 3.97. The van der Waals surface area contributed by atoms with Gasteiger partial charge in [0, 0.05) is 6.08 Å². The van der Waals surface area contributed by atoms with Gasteiger partial charge in [0.2, 0.25) is 0 Å². The van der Waals surface area contributed by atoms with Gasteiger partial charge in [0.05, 0.1) is 6.61 Å². The molecule has 86 valence electrons. The van der Waals surface area contributed by atoms with Crippen molar-refractivity contribution in [1.29, 1.82) is 0 Å². The zero-order chi connectivity index (χ0) is 12.7. The van der Waals surface area contributed by atoms with E-state index >= 15 is 0 Å². The summed E-state index contributed by atoms with van der Waals surface area (Å²) in [7, 11) is 0. The SMILES string of the molecule is C=CC(=O)O.C=CC=C.CCOC(N)=O. The standard InChI is InChI=1S/C4H6.C3H7NO2.C3H4O2/c1-3-4-2;1-2-6-3(4)5;1-2-3(4)5/h3-4H,1-2H2;2H2,1H3,(H2,4,5);2H,1H2,(H,4,5). The van der Waals surface area contributed by atoms with Gasteiger partial charge in [-0.05, 0) is 6.92 Å². The number of carbonyl (C=O) groups excluding carboxylic acids is 1.